The lowest BCUT2D eigenvalue weighted by Gasteiger charge is -2.22. The third-order valence-corrected chi connectivity index (χ3v) is 3.34. The van der Waals surface area contributed by atoms with E-state index in [0.29, 0.717) is 13.0 Å². The van der Waals surface area contributed by atoms with Crippen molar-refractivity contribution in [3.8, 4) is 0 Å². The van der Waals surface area contributed by atoms with Gasteiger partial charge in [-0.1, -0.05) is 18.2 Å². The lowest BCUT2D eigenvalue weighted by molar-refractivity contribution is 0.0677. The number of aromatic carboxylic acids is 1. The van der Waals surface area contributed by atoms with Crippen molar-refractivity contribution in [3.05, 3.63) is 42.0 Å². The Hall–Kier alpha value is -2.37. The van der Waals surface area contributed by atoms with Crippen LogP contribution in [0.15, 0.2) is 30.3 Å². The minimum atomic E-state index is -1.02. The van der Waals surface area contributed by atoms with Crippen LogP contribution in [0.4, 0.5) is 5.69 Å². The molecule has 3 rings (SSSR count). The lowest BCUT2D eigenvalue weighted by atomic mass is 10.2. The fourth-order valence-corrected chi connectivity index (χ4v) is 2.38. The molecule has 2 heterocycles. The normalized spacial score (nSPS) is 14.8. The van der Waals surface area contributed by atoms with E-state index in [0.717, 1.165) is 24.6 Å². The molecule has 19 heavy (non-hydrogen) atoms. The first-order valence-corrected chi connectivity index (χ1v) is 6.21. The number of anilines is 1. The number of hydrogen-bond donors (Lipinski definition) is 1. The van der Waals surface area contributed by atoms with Gasteiger partial charge in [0, 0.05) is 31.7 Å². The van der Waals surface area contributed by atoms with Gasteiger partial charge in [-0.25, -0.2) is 4.79 Å². The van der Waals surface area contributed by atoms with Crippen LogP contribution in [0.1, 0.15) is 16.4 Å². The second kappa shape index (κ2) is 4.72. The molecule has 0 aliphatic carbocycles. The van der Waals surface area contributed by atoms with E-state index < -0.39 is 5.97 Å². The van der Waals surface area contributed by atoms with E-state index >= 15 is 0 Å². The lowest BCUT2D eigenvalue weighted by Crippen LogP contribution is -2.27. The van der Waals surface area contributed by atoms with Crippen LogP contribution in [0.5, 0.6) is 0 Å². The van der Waals surface area contributed by atoms with Gasteiger partial charge >= 0.3 is 5.97 Å². The molecule has 1 aromatic heterocycles. The van der Waals surface area contributed by atoms with Crippen molar-refractivity contribution in [1.82, 2.24) is 14.8 Å². The first kappa shape index (κ1) is 11.7. The number of para-hydroxylation sites is 1. The molecule has 2 aromatic rings. The molecule has 1 aromatic carbocycles. The first-order valence-electron chi connectivity index (χ1n) is 6.21. The maximum Gasteiger partial charge on any atom is 0.374 e. The van der Waals surface area contributed by atoms with Crippen molar-refractivity contribution in [2.75, 3.05) is 18.0 Å². The molecule has 0 atom stereocenters. The van der Waals surface area contributed by atoms with Gasteiger partial charge in [0.15, 0.2) is 0 Å². The van der Waals surface area contributed by atoms with Gasteiger partial charge in [0.05, 0.1) is 0 Å². The maximum absolute atomic E-state index is 11.1. The van der Waals surface area contributed by atoms with Crippen molar-refractivity contribution in [2.24, 2.45) is 0 Å². The van der Waals surface area contributed by atoms with E-state index in [9.17, 15) is 4.79 Å². The van der Waals surface area contributed by atoms with E-state index in [1.165, 1.54) is 0 Å². The van der Waals surface area contributed by atoms with E-state index in [1.54, 1.807) is 4.57 Å². The van der Waals surface area contributed by atoms with Crippen LogP contribution in [-0.4, -0.2) is 38.9 Å². The summed E-state index contributed by atoms with van der Waals surface area (Å²) in [6.45, 7) is 2.18. The highest BCUT2D eigenvalue weighted by Gasteiger charge is 2.21. The monoisotopic (exact) mass is 258 g/mol. The smallest absolute Gasteiger partial charge is 0.374 e. The quantitative estimate of drug-likeness (QED) is 0.871. The number of nitrogens with zero attached hydrogens (tertiary/aromatic N) is 4. The third kappa shape index (κ3) is 2.16. The topological polar surface area (TPSA) is 71.2 Å². The maximum atomic E-state index is 11.1. The zero-order valence-corrected chi connectivity index (χ0v) is 10.4. The molecule has 0 fully saturated rings. The fourth-order valence-electron chi connectivity index (χ4n) is 2.38. The summed E-state index contributed by atoms with van der Waals surface area (Å²) in [7, 11) is 0. The molecular weight excluding hydrogens is 244 g/mol. The van der Waals surface area contributed by atoms with Gasteiger partial charge in [0.2, 0.25) is 5.82 Å². The molecular formula is C13H14N4O2. The number of hydrogen-bond acceptors (Lipinski definition) is 4. The number of benzene rings is 1. The molecule has 1 aliphatic rings. The molecule has 0 unspecified atom stereocenters. The Morgan fingerprint density at radius 2 is 1.89 bits per heavy atom. The Balaban J connectivity index is 1.84. The largest absolute Gasteiger partial charge is 0.475 e. The summed E-state index contributed by atoms with van der Waals surface area (Å²) in [5, 5.41) is 16.8. The molecule has 0 saturated heterocycles. The summed E-state index contributed by atoms with van der Waals surface area (Å²) >= 11 is 0. The first-order chi connectivity index (χ1) is 9.25. The van der Waals surface area contributed by atoms with Crippen LogP contribution in [0.2, 0.25) is 0 Å². The van der Waals surface area contributed by atoms with Gasteiger partial charge in [0.1, 0.15) is 5.82 Å². The number of carbonyl (C=O) groups is 1. The molecule has 98 valence electrons. The van der Waals surface area contributed by atoms with Crippen LogP contribution >= 0.6 is 0 Å². The van der Waals surface area contributed by atoms with Crippen molar-refractivity contribution in [1.29, 1.82) is 0 Å². The van der Waals surface area contributed by atoms with Gasteiger partial charge in [-0.15, -0.1) is 10.2 Å². The second-order valence-electron chi connectivity index (χ2n) is 4.47. The number of fused-ring (bicyclic) bond motifs is 1. The number of carboxylic acids is 1. The van der Waals surface area contributed by atoms with Crippen molar-refractivity contribution in [3.63, 3.8) is 0 Å². The molecule has 0 amide bonds. The summed E-state index contributed by atoms with van der Waals surface area (Å²) in [5.74, 6) is -0.243. The van der Waals surface area contributed by atoms with E-state index in [4.69, 9.17) is 5.11 Å². The van der Waals surface area contributed by atoms with E-state index in [-0.39, 0.29) is 5.82 Å². The highest BCUT2D eigenvalue weighted by molar-refractivity contribution is 5.83. The zero-order valence-electron chi connectivity index (χ0n) is 10.4. The predicted octanol–water partition coefficient (Wildman–Crippen LogP) is 1.04. The molecule has 0 spiro atoms. The molecule has 0 radical (unpaired) electrons. The summed E-state index contributed by atoms with van der Waals surface area (Å²) in [6, 6.07) is 10.1. The van der Waals surface area contributed by atoms with Gasteiger partial charge < -0.3 is 14.6 Å². The minimum Gasteiger partial charge on any atom is -0.475 e. The van der Waals surface area contributed by atoms with Crippen LogP contribution in [-0.2, 0) is 13.0 Å². The Morgan fingerprint density at radius 3 is 2.63 bits per heavy atom. The molecule has 6 heteroatoms. The van der Waals surface area contributed by atoms with Gasteiger partial charge in [0.25, 0.3) is 0 Å². The number of aromatic nitrogens is 3. The van der Waals surface area contributed by atoms with Gasteiger partial charge in [-0.2, -0.15) is 0 Å². The van der Waals surface area contributed by atoms with Crippen LogP contribution in [0.25, 0.3) is 0 Å². The Labute approximate surface area is 110 Å². The molecule has 0 saturated carbocycles. The molecule has 1 N–H and O–H groups in total. The van der Waals surface area contributed by atoms with E-state index in [2.05, 4.69) is 27.2 Å². The standard InChI is InChI=1S/C13H14N4O2/c18-13(19)12-15-14-11-6-7-16(8-9-17(11)12)10-4-2-1-3-5-10/h1-5H,6-9H2,(H,18,19). The Bertz CT molecular complexity index is 594. The van der Waals surface area contributed by atoms with Crippen molar-refractivity contribution < 1.29 is 9.90 Å². The second-order valence-corrected chi connectivity index (χ2v) is 4.47. The summed E-state index contributed by atoms with van der Waals surface area (Å²) in [6.07, 6.45) is 0.704. The number of carboxylic acid groups (broad SMARTS) is 1. The van der Waals surface area contributed by atoms with Gasteiger partial charge in [-0.3, -0.25) is 0 Å². The average Bonchev–Trinajstić information content (AvgIpc) is 2.72. The highest BCUT2D eigenvalue weighted by Crippen LogP contribution is 2.17. The molecule has 0 bridgehead atoms. The summed E-state index contributed by atoms with van der Waals surface area (Å²) in [4.78, 5) is 13.3. The van der Waals surface area contributed by atoms with Crippen LogP contribution in [0, 0.1) is 0 Å². The van der Waals surface area contributed by atoms with Gasteiger partial charge in [-0.05, 0) is 12.1 Å². The van der Waals surface area contributed by atoms with Crippen LogP contribution < -0.4 is 4.90 Å². The zero-order chi connectivity index (χ0) is 13.2. The third-order valence-electron chi connectivity index (χ3n) is 3.34. The fraction of sp³-hybridized carbons (Fsp3) is 0.308. The molecule has 1 aliphatic heterocycles. The Morgan fingerprint density at radius 1 is 1.11 bits per heavy atom. The van der Waals surface area contributed by atoms with E-state index in [1.807, 2.05) is 18.2 Å². The average molecular weight is 258 g/mol. The highest BCUT2D eigenvalue weighted by atomic mass is 16.4. The predicted molar refractivity (Wildman–Crippen MR) is 69.3 cm³/mol. The van der Waals surface area contributed by atoms with Crippen molar-refractivity contribution >= 4 is 11.7 Å². The van der Waals surface area contributed by atoms with Crippen LogP contribution in [0.3, 0.4) is 0 Å². The summed E-state index contributed by atoms with van der Waals surface area (Å²) < 4.78 is 1.70. The SMILES string of the molecule is O=C(O)c1nnc2n1CCN(c1ccccc1)CC2. The Kier molecular flexibility index (Phi) is 2.91. The van der Waals surface area contributed by atoms with Crippen molar-refractivity contribution in [2.45, 2.75) is 13.0 Å². The summed E-state index contributed by atoms with van der Waals surface area (Å²) in [5.41, 5.74) is 1.15. The molecule has 6 nitrogen and oxygen atoms in total. The number of rotatable bonds is 2. The minimum absolute atomic E-state index is 0.0323.